The number of thioether (sulfide) groups is 1. The van der Waals surface area contributed by atoms with Crippen LogP contribution in [0.4, 0.5) is 0 Å². The van der Waals surface area contributed by atoms with Gasteiger partial charge in [0.15, 0.2) is 11.0 Å². The largest absolute Gasteiger partial charge is 0.344 e. The molecule has 1 unspecified atom stereocenters. The summed E-state index contributed by atoms with van der Waals surface area (Å²) < 4.78 is 1.97. The first-order valence-corrected chi connectivity index (χ1v) is 9.39. The average Bonchev–Trinajstić information content (AvgIpc) is 3.29. The summed E-state index contributed by atoms with van der Waals surface area (Å²) >= 11 is 2.96. The number of aromatic nitrogens is 3. The van der Waals surface area contributed by atoms with E-state index in [0.29, 0.717) is 5.16 Å². The molecule has 1 N–H and O–H groups in total. The number of benzene rings is 1. The molecule has 25 heavy (non-hydrogen) atoms. The van der Waals surface area contributed by atoms with E-state index in [4.69, 9.17) is 6.42 Å². The van der Waals surface area contributed by atoms with Crippen molar-refractivity contribution in [3.63, 3.8) is 0 Å². The highest BCUT2D eigenvalue weighted by atomic mass is 32.2. The molecule has 0 saturated carbocycles. The molecular weight excluding hydrogens is 352 g/mol. The van der Waals surface area contributed by atoms with E-state index in [0.717, 1.165) is 16.4 Å². The molecular formula is C18H16N4OS2. The third-order valence-electron chi connectivity index (χ3n) is 3.41. The molecule has 5 nitrogen and oxygen atoms in total. The third kappa shape index (κ3) is 3.92. The molecule has 7 heteroatoms. The lowest BCUT2D eigenvalue weighted by Crippen LogP contribution is -2.31. The maximum Gasteiger partial charge on any atom is 0.234 e. The minimum Gasteiger partial charge on any atom is -0.344 e. The summed E-state index contributed by atoms with van der Waals surface area (Å²) in [5.74, 6) is 3.05. The van der Waals surface area contributed by atoms with Crippen LogP contribution in [-0.4, -0.2) is 32.5 Å². The summed E-state index contributed by atoms with van der Waals surface area (Å²) in [6.45, 7) is 2.04. The predicted octanol–water partition coefficient (Wildman–Crippen LogP) is 3.23. The first kappa shape index (κ1) is 17.3. The molecule has 1 aromatic carbocycles. The standard InChI is InChI=1S/C18H16N4OS2/c1-3-11-19-17(23)13(2)25-18-21-20-16(15-10-7-12-24-15)22(18)14-8-5-4-6-9-14/h1,4-10,12-13H,11H2,2H3,(H,19,23). The molecule has 2 heterocycles. The molecule has 3 rings (SSSR count). The number of hydrogen-bond donors (Lipinski definition) is 1. The maximum absolute atomic E-state index is 12.1. The van der Waals surface area contributed by atoms with E-state index in [2.05, 4.69) is 21.4 Å². The monoisotopic (exact) mass is 368 g/mol. The van der Waals surface area contributed by atoms with Crippen LogP contribution in [0, 0.1) is 12.3 Å². The van der Waals surface area contributed by atoms with Crippen LogP contribution in [0.1, 0.15) is 6.92 Å². The highest BCUT2D eigenvalue weighted by molar-refractivity contribution is 8.00. The van der Waals surface area contributed by atoms with Gasteiger partial charge in [0, 0.05) is 5.69 Å². The highest BCUT2D eigenvalue weighted by Gasteiger charge is 2.21. The topological polar surface area (TPSA) is 59.8 Å². The van der Waals surface area contributed by atoms with Crippen LogP contribution in [-0.2, 0) is 4.79 Å². The third-order valence-corrected chi connectivity index (χ3v) is 5.31. The van der Waals surface area contributed by atoms with Gasteiger partial charge < -0.3 is 5.32 Å². The van der Waals surface area contributed by atoms with E-state index >= 15 is 0 Å². The van der Waals surface area contributed by atoms with Crippen LogP contribution >= 0.6 is 23.1 Å². The summed E-state index contributed by atoms with van der Waals surface area (Å²) in [6, 6.07) is 13.9. The van der Waals surface area contributed by atoms with Gasteiger partial charge in [0.05, 0.1) is 16.7 Å². The Kier molecular flexibility index (Phi) is 5.53. The summed E-state index contributed by atoms with van der Waals surface area (Å²) in [5, 5.41) is 13.7. The van der Waals surface area contributed by atoms with Crippen LogP contribution < -0.4 is 5.32 Å². The second kappa shape index (κ2) is 8.01. The van der Waals surface area contributed by atoms with E-state index in [-0.39, 0.29) is 17.7 Å². The average molecular weight is 368 g/mol. The zero-order valence-corrected chi connectivity index (χ0v) is 15.2. The zero-order chi connectivity index (χ0) is 17.6. The smallest absolute Gasteiger partial charge is 0.234 e. The summed E-state index contributed by atoms with van der Waals surface area (Å²) in [7, 11) is 0. The number of nitrogens with one attached hydrogen (secondary N) is 1. The van der Waals surface area contributed by atoms with Gasteiger partial charge >= 0.3 is 0 Å². The van der Waals surface area contributed by atoms with Gasteiger partial charge in [-0.25, -0.2) is 0 Å². The highest BCUT2D eigenvalue weighted by Crippen LogP contribution is 2.31. The van der Waals surface area contributed by atoms with Crippen molar-refractivity contribution in [2.24, 2.45) is 0 Å². The van der Waals surface area contributed by atoms with Crippen molar-refractivity contribution >= 4 is 29.0 Å². The molecule has 0 fully saturated rings. The molecule has 1 amide bonds. The lowest BCUT2D eigenvalue weighted by atomic mass is 10.3. The predicted molar refractivity (Wildman–Crippen MR) is 102 cm³/mol. The maximum atomic E-state index is 12.1. The fourth-order valence-corrected chi connectivity index (χ4v) is 3.81. The Labute approximate surface area is 154 Å². The number of thiophene rings is 1. The number of hydrogen-bond acceptors (Lipinski definition) is 5. The fourth-order valence-electron chi connectivity index (χ4n) is 2.22. The van der Waals surface area contributed by atoms with E-state index in [9.17, 15) is 4.79 Å². The fraction of sp³-hybridized carbons (Fsp3) is 0.167. The first-order valence-electron chi connectivity index (χ1n) is 7.63. The summed E-state index contributed by atoms with van der Waals surface area (Å²) in [4.78, 5) is 13.1. The number of rotatable bonds is 6. The van der Waals surface area contributed by atoms with Crippen LogP contribution in [0.5, 0.6) is 0 Å². The van der Waals surface area contributed by atoms with Crippen molar-refractivity contribution in [2.45, 2.75) is 17.3 Å². The van der Waals surface area contributed by atoms with E-state index in [1.54, 1.807) is 11.3 Å². The van der Waals surface area contributed by atoms with E-state index < -0.39 is 0 Å². The Bertz CT molecular complexity index is 882. The van der Waals surface area contributed by atoms with Gasteiger partial charge in [-0.3, -0.25) is 9.36 Å². The Morgan fingerprint density at radius 2 is 2.12 bits per heavy atom. The van der Waals surface area contributed by atoms with Gasteiger partial charge in [-0.2, -0.15) is 0 Å². The van der Waals surface area contributed by atoms with Gasteiger partial charge in [-0.15, -0.1) is 28.0 Å². The number of amides is 1. The Hall–Kier alpha value is -2.56. The minimum absolute atomic E-state index is 0.122. The van der Waals surface area contributed by atoms with E-state index in [1.165, 1.54) is 11.8 Å². The molecule has 0 bridgehead atoms. The molecule has 0 spiro atoms. The van der Waals surface area contributed by atoms with Crippen LogP contribution in [0.2, 0.25) is 0 Å². The number of terminal acetylenes is 1. The summed E-state index contributed by atoms with van der Waals surface area (Å²) in [5.41, 5.74) is 0.953. The van der Waals surface area contributed by atoms with Crippen LogP contribution in [0.15, 0.2) is 53.0 Å². The second-order valence-corrected chi connectivity index (χ2v) is 7.39. The number of nitrogens with zero attached hydrogens (tertiary/aromatic N) is 3. The van der Waals surface area contributed by atoms with Gasteiger partial charge in [-0.05, 0) is 30.5 Å². The lowest BCUT2D eigenvalue weighted by molar-refractivity contribution is -0.120. The van der Waals surface area contributed by atoms with Crippen molar-refractivity contribution in [3.8, 4) is 28.7 Å². The van der Waals surface area contributed by atoms with Gasteiger partial charge in [0.1, 0.15) is 0 Å². The van der Waals surface area contributed by atoms with Crippen molar-refractivity contribution in [3.05, 3.63) is 47.8 Å². The normalized spacial score (nSPS) is 11.7. The number of para-hydroxylation sites is 1. The number of carbonyl (C=O) groups excluding carboxylic acids is 1. The Morgan fingerprint density at radius 1 is 1.32 bits per heavy atom. The first-order chi connectivity index (χ1) is 12.2. The molecule has 0 aliphatic heterocycles. The van der Waals surface area contributed by atoms with E-state index in [1.807, 2.05) is 59.3 Å². The van der Waals surface area contributed by atoms with Crippen molar-refractivity contribution in [1.29, 1.82) is 0 Å². The van der Waals surface area contributed by atoms with Gasteiger partial charge in [0.25, 0.3) is 0 Å². The summed E-state index contributed by atoms with van der Waals surface area (Å²) in [6.07, 6.45) is 5.19. The molecule has 0 aliphatic carbocycles. The SMILES string of the molecule is C#CCNC(=O)C(C)Sc1nnc(-c2cccs2)n1-c1ccccc1. The minimum atomic E-state index is -0.337. The molecule has 1 atom stereocenters. The number of carbonyl (C=O) groups is 1. The van der Waals surface area contributed by atoms with Gasteiger partial charge in [0.2, 0.25) is 5.91 Å². The van der Waals surface area contributed by atoms with Crippen molar-refractivity contribution in [2.75, 3.05) is 6.54 Å². The van der Waals surface area contributed by atoms with Gasteiger partial charge in [-0.1, -0.05) is 41.9 Å². The van der Waals surface area contributed by atoms with Crippen LogP contribution in [0.3, 0.4) is 0 Å². The van der Waals surface area contributed by atoms with Crippen LogP contribution in [0.25, 0.3) is 16.4 Å². The second-order valence-electron chi connectivity index (χ2n) is 5.14. The zero-order valence-electron chi connectivity index (χ0n) is 13.5. The quantitative estimate of drug-likeness (QED) is 0.536. The van der Waals surface area contributed by atoms with Crippen molar-refractivity contribution < 1.29 is 4.79 Å². The molecule has 2 aromatic heterocycles. The molecule has 0 radical (unpaired) electrons. The van der Waals surface area contributed by atoms with Crippen molar-refractivity contribution in [1.82, 2.24) is 20.1 Å². The lowest BCUT2D eigenvalue weighted by Gasteiger charge is -2.12. The molecule has 126 valence electrons. The Balaban J connectivity index is 1.95. The molecule has 0 saturated heterocycles. The Morgan fingerprint density at radius 3 is 2.80 bits per heavy atom. The molecule has 0 aliphatic rings. The molecule has 3 aromatic rings.